The molecule has 160 valence electrons. The van der Waals surface area contributed by atoms with Crippen LogP contribution in [0.15, 0.2) is 51.8 Å². The van der Waals surface area contributed by atoms with Crippen molar-refractivity contribution in [2.24, 2.45) is 7.05 Å². The van der Waals surface area contributed by atoms with Crippen LogP contribution in [0.2, 0.25) is 0 Å². The Labute approximate surface area is 185 Å². The SMILES string of the molecule is CN(C)S(=O)(=O)c1ccc2c(c1)nc(CCC(=O)NCCc1ccccc1Br)n2C. The quantitative estimate of drug-likeness (QED) is 0.523. The van der Waals surface area contributed by atoms with Crippen LogP contribution in [0.3, 0.4) is 0 Å². The van der Waals surface area contributed by atoms with Crippen LogP contribution in [0.25, 0.3) is 11.0 Å². The van der Waals surface area contributed by atoms with E-state index in [0.29, 0.717) is 24.9 Å². The molecular weight excluding hydrogens is 468 g/mol. The topological polar surface area (TPSA) is 84.3 Å². The van der Waals surface area contributed by atoms with Crippen LogP contribution in [0.5, 0.6) is 0 Å². The molecule has 1 N–H and O–H groups in total. The molecule has 1 aromatic heterocycles. The number of hydrogen-bond acceptors (Lipinski definition) is 4. The van der Waals surface area contributed by atoms with E-state index in [9.17, 15) is 13.2 Å². The number of sulfonamides is 1. The molecule has 3 rings (SSSR count). The van der Waals surface area contributed by atoms with Crippen molar-refractivity contribution < 1.29 is 13.2 Å². The molecule has 9 heteroatoms. The van der Waals surface area contributed by atoms with Gasteiger partial charge >= 0.3 is 0 Å². The van der Waals surface area contributed by atoms with Crippen LogP contribution in [-0.4, -0.2) is 48.8 Å². The molecule has 0 bridgehead atoms. The van der Waals surface area contributed by atoms with E-state index in [1.165, 1.54) is 18.4 Å². The van der Waals surface area contributed by atoms with Gasteiger partial charge in [-0.3, -0.25) is 4.79 Å². The Hall–Kier alpha value is -2.23. The lowest BCUT2D eigenvalue weighted by molar-refractivity contribution is -0.121. The molecule has 7 nitrogen and oxygen atoms in total. The van der Waals surface area contributed by atoms with Gasteiger partial charge in [-0.15, -0.1) is 0 Å². The smallest absolute Gasteiger partial charge is 0.242 e. The van der Waals surface area contributed by atoms with Gasteiger partial charge in [0.15, 0.2) is 0 Å². The highest BCUT2D eigenvalue weighted by Crippen LogP contribution is 2.22. The number of benzene rings is 2. The molecule has 0 atom stereocenters. The average molecular weight is 493 g/mol. The first-order valence-electron chi connectivity index (χ1n) is 9.58. The van der Waals surface area contributed by atoms with E-state index in [1.807, 2.05) is 35.9 Å². The maximum Gasteiger partial charge on any atom is 0.242 e. The van der Waals surface area contributed by atoms with Gasteiger partial charge in [0, 0.05) is 45.0 Å². The Bertz CT molecular complexity index is 1170. The van der Waals surface area contributed by atoms with Gasteiger partial charge in [-0.05, 0) is 36.2 Å². The summed E-state index contributed by atoms with van der Waals surface area (Å²) in [6.07, 6.45) is 1.54. The zero-order chi connectivity index (χ0) is 21.9. The van der Waals surface area contributed by atoms with Crippen LogP contribution in [0, 0.1) is 0 Å². The first-order chi connectivity index (χ1) is 14.2. The van der Waals surface area contributed by atoms with E-state index < -0.39 is 10.0 Å². The molecule has 0 radical (unpaired) electrons. The summed E-state index contributed by atoms with van der Waals surface area (Å²) in [4.78, 5) is 17.0. The Morgan fingerprint density at radius 3 is 2.60 bits per heavy atom. The van der Waals surface area contributed by atoms with Crippen LogP contribution >= 0.6 is 15.9 Å². The monoisotopic (exact) mass is 492 g/mol. The number of imidazole rings is 1. The summed E-state index contributed by atoms with van der Waals surface area (Å²) < 4.78 is 28.8. The number of fused-ring (bicyclic) bond motifs is 1. The first kappa shape index (κ1) is 22.5. The highest BCUT2D eigenvalue weighted by Gasteiger charge is 2.19. The molecule has 0 spiro atoms. The van der Waals surface area contributed by atoms with Crippen molar-refractivity contribution in [3.63, 3.8) is 0 Å². The van der Waals surface area contributed by atoms with Crippen molar-refractivity contribution in [2.75, 3.05) is 20.6 Å². The van der Waals surface area contributed by atoms with Crippen LogP contribution in [0.1, 0.15) is 17.8 Å². The molecule has 0 aliphatic rings. The van der Waals surface area contributed by atoms with Crippen LogP contribution < -0.4 is 5.32 Å². The van der Waals surface area contributed by atoms with Gasteiger partial charge in [-0.1, -0.05) is 34.1 Å². The van der Waals surface area contributed by atoms with Gasteiger partial charge < -0.3 is 9.88 Å². The molecule has 0 fully saturated rings. The van der Waals surface area contributed by atoms with Crippen LogP contribution in [-0.2, 0) is 34.7 Å². The summed E-state index contributed by atoms with van der Waals surface area (Å²) in [5.41, 5.74) is 2.58. The number of amides is 1. The lowest BCUT2D eigenvalue weighted by Crippen LogP contribution is -2.26. The number of nitrogens with zero attached hydrogens (tertiary/aromatic N) is 3. The number of aromatic nitrogens is 2. The van der Waals surface area contributed by atoms with Gasteiger partial charge in [-0.25, -0.2) is 17.7 Å². The number of halogens is 1. The molecule has 0 aliphatic heterocycles. The minimum atomic E-state index is -3.52. The third-order valence-electron chi connectivity index (χ3n) is 4.97. The van der Waals surface area contributed by atoms with E-state index >= 15 is 0 Å². The number of hydrogen-bond donors (Lipinski definition) is 1. The number of carbonyl (C=O) groups excluding carboxylic acids is 1. The van der Waals surface area contributed by atoms with Crippen LogP contribution in [0.4, 0.5) is 0 Å². The summed E-state index contributed by atoms with van der Waals surface area (Å²) in [5, 5.41) is 2.94. The maximum absolute atomic E-state index is 12.3. The second kappa shape index (κ2) is 9.28. The lowest BCUT2D eigenvalue weighted by atomic mass is 10.1. The average Bonchev–Trinajstić information content (AvgIpc) is 3.03. The summed E-state index contributed by atoms with van der Waals surface area (Å²) in [6, 6.07) is 12.9. The molecule has 30 heavy (non-hydrogen) atoms. The predicted molar refractivity (Wildman–Crippen MR) is 121 cm³/mol. The van der Waals surface area contributed by atoms with E-state index in [2.05, 4.69) is 26.2 Å². The van der Waals surface area contributed by atoms with Crippen molar-refractivity contribution >= 4 is 42.9 Å². The summed E-state index contributed by atoms with van der Waals surface area (Å²) in [6.45, 7) is 0.565. The molecule has 2 aromatic carbocycles. The van der Waals surface area contributed by atoms with Crippen molar-refractivity contribution in [3.8, 4) is 0 Å². The number of aryl methyl sites for hydroxylation is 2. The summed E-state index contributed by atoms with van der Waals surface area (Å²) in [7, 11) is 1.35. The van der Waals surface area contributed by atoms with Gasteiger partial charge in [0.1, 0.15) is 5.82 Å². The van der Waals surface area contributed by atoms with E-state index in [-0.39, 0.29) is 10.8 Å². The first-order valence-corrected chi connectivity index (χ1v) is 11.8. The zero-order valence-electron chi connectivity index (χ0n) is 17.2. The summed E-state index contributed by atoms with van der Waals surface area (Å²) in [5.74, 6) is 0.704. The van der Waals surface area contributed by atoms with Gasteiger partial charge in [0.05, 0.1) is 15.9 Å². The molecule has 0 aliphatic carbocycles. The second-order valence-corrected chi connectivity index (χ2v) is 10.2. The summed E-state index contributed by atoms with van der Waals surface area (Å²) >= 11 is 3.51. The van der Waals surface area contributed by atoms with Crippen molar-refractivity contribution in [2.45, 2.75) is 24.2 Å². The molecule has 3 aromatic rings. The molecular formula is C21H25BrN4O3S. The van der Waals surface area contributed by atoms with Crippen molar-refractivity contribution in [1.29, 1.82) is 0 Å². The highest BCUT2D eigenvalue weighted by molar-refractivity contribution is 9.10. The maximum atomic E-state index is 12.3. The Kier molecular flexibility index (Phi) is 6.95. The molecule has 0 saturated carbocycles. The Morgan fingerprint density at radius 2 is 1.90 bits per heavy atom. The third-order valence-corrected chi connectivity index (χ3v) is 7.56. The van der Waals surface area contributed by atoms with Gasteiger partial charge in [0.25, 0.3) is 0 Å². The fraction of sp³-hybridized carbons (Fsp3) is 0.333. The van der Waals surface area contributed by atoms with Crippen molar-refractivity contribution in [3.05, 3.63) is 58.3 Å². The fourth-order valence-corrected chi connectivity index (χ4v) is 4.58. The predicted octanol–water partition coefficient (Wildman–Crippen LogP) is 2.88. The highest BCUT2D eigenvalue weighted by atomic mass is 79.9. The van der Waals surface area contributed by atoms with E-state index in [4.69, 9.17) is 0 Å². The van der Waals surface area contributed by atoms with Crippen molar-refractivity contribution in [1.82, 2.24) is 19.2 Å². The number of rotatable bonds is 8. The van der Waals surface area contributed by atoms with E-state index in [1.54, 1.807) is 18.2 Å². The molecule has 1 heterocycles. The fourth-order valence-electron chi connectivity index (χ4n) is 3.18. The minimum Gasteiger partial charge on any atom is -0.356 e. The zero-order valence-corrected chi connectivity index (χ0v) is 19.6. The molecule has 0 unspecified atom stereocenters. The number of nitrogens with one attached hydrogen (secondary N) is 1. The van der Waals surface area contributed by atoms with E-state index in [0.717, 1.165) is 27.8 Å². The third kappa shape index (κ3) is 4.91. The number of carbonyl (C=O) groups is 1. The Morgan fingerprint density at radius 1 is 1.17 bits per heavy atom. The minimum absolute atomic E-state index is 0.0371. The molecule has 1 amide bonds. The normalized spacial score (nSPS) is 11.9. The standard InChI is InChI=1S/C21H25BrN4O3S/c1-25(2)30(28,29)16-8-9-19-18(14-16)24-20(26(19)3)10-11-21(27)23-13-12-15-6-4-5-7-17(15)22/h4-9,14H,10-13H2,1-3H3,(H,23,27). The van der Waals surface area contributed by atoms with Gasteiger partial charge in [-0.2, -0.15) is 0 Å². The van der Waals surface area contributed by atoms with Gasteiger partial charge in [0.2, 0.25) is 15.9 Å². The molecule has 0 saturated heterocycles. The Balaban J connectivity index is 1.62. The lowest BCUT2D eigenvalue weighted by Gasteiger charge is -2.10. The largest absolute Gasteiger partial charge is 0.356 e. The second-order valence-electron chi connectivity index (χ2n) is 7.22.